The van der Waals surface area contributed by atoms with Gasteiger partial charge >= 0.3 is 0 Å². The summed E-state index contributed by atoms with van der Waals surface area (Å²) < 4.78 is 6.67. The topological polar surface area (TPSA) is 56.2 Å². The summed E-state index contributed by atoms with van der Waals surface area (Å²) in [7, 11) is 0. The average Bonchev–Trinajstić information content (AvgIpc) is 3.60. The monoisotopic (exact) mass is 652 g/mol. The Morgan fingerprint density at radius 3 is 1.67 bits per heavy atom. The fourth-order valence-corrected chi connectivity index (χ4v) is 6.69. The van der Waals surface area contributed by atoms with Gasteiger partial charge in [0.1, 0.15) is 11.2 Å². The lowest BCUT2D eigenvalue weighted by molar-refractivity contribution is 0.669. The Morgan fingerprint density at radius 1 is 0.392 bits per heavy atom. The molecule has 5 heteroatoms. The molecule has 9 rings (SSSR count). The van der Waals surface area contributed by atoms with E-state index in [2.05, 4.69) is 71.6 Å². The molecule has 0 fully saturated rings. The van der Waals surface area contributed by atoms with Crippen molar-refractivity contribution in [3.63, 3.8) is 0 Å². The maximum absolute atomic E-state index is 7.30. The van der Waals surface area contributed by atoms with Gasteiger partial charge in [-0.25, -0.2) is 19.8 Å². The second-order valence-corrected chi connectivity index (χ2v) is 12.3. The van der Waals surface area contributed by atoms with Gasteiger partial charge in [-0.3, -0.25) is 0 Å². The predicted molar refractivity (Wildman–Crippen MR) is 206 cm³/mol. The van der Waals surface area contributed by atoms with E-state index in [1.54, 1.807) is 0 Å². The van der Waals surface area contributed by atoms with Crippen molar-refractivity contribution in [1.29, 1.82) is 0 Å². The van der Waals surface area contributed by atoms with E-state index in [0.29, 0.717) is 23.2 Å². The van der Waals surface area contributed by atoms with Gasteiger partial charge in [0, 0.05) is 21.9 Å². The quantitative estimate of drug-likeness (QED) is 0.168. The first-order valence-corrected chi connectivity index (χ1v) is 16.7. The molecule has 0 aliphatic rings. The van der Waals surface area contributed by atoms with Gasteiger partial charge in [0.05, 0.1) is 12.1 Å². The van der Waals surface area contributed by atoms with E-state index >= 15 is 0 Å². The molecule has 0 amide bonds. The number of rotatable bonds is 6. The van der Waals surface area contributed by atoms with E-state index in [-0.39, 0.29) is 0 Å². The average molecular weight is 653 g/mol. The van der Waals surface area contributed by atoms with Crippen LogP contribution in [0.3, 0.4) is 0 Å². The summed E-state index contributed by atoms with van der Waals surface area (Å²) in [6.07, 6.45) is 0. The maximum Gasteiger partial charge on any atom is 0.187 e. The number of para-hydroxylation sites is 1. The van der Waals surface area contributed by atoms with Crippen molar-refractivity contribution in [2.75, 3.05) is 0 Å². The van der Waals surface area contributed by atoms with Crippen LogP contribution in [0.5, 0.6) is 0 Å². The second-order valence-electron chi connectivity index (χ2n) is 12.3. The van der Waals surface area contributed by atoms with Crippen molar-refractivity contribution in [3.05, 3.63) is 181 Å². The standard InChI is InChI=1S/C46H28N4O/c1-47-35-26-24-31(25-27-35)30-20-22-33(23-21-30)37-28-29-39-38-17-10-11-19-41(38)51-43(39)42(37)46-49-44(34-14-6-3-7-15-34)48-45(50-46)40-18-9-8-16-36(40)32-12-4-2-5-13-32/h2-29H. The third kappa shape index (κ3) is 5.51. The van der Waals surface area contributed by atoms with Crippen LogP contribution < -0.4 is 0 Å². The lowest BCUT2D eigenvalue weighted by Gasteiger charge is -2.14. The first kappa shape index (κ1) is 29.9. The molecule has 0 saturated heterocycles. The zero-order valence-electron chi connectivity index (χ0n) is 27.4. The van der Waals surface area contributed by atoms with Gasteiger partial charge in [0.25, 0.3) is 0 Å². The Bertz CT molecular complexity index is 2730. The summed E-state index contributed by atoms with van der Waals surface area (Å²) in [5.74, 6) is 1.69. The Hall–Kier alpha value is -7.16. The van der Waals surface area contributed by atoms with Crippen LogP contribution in [-0.2, 0) is 0 Å². The lowest BCUT2D eigenvalue weighted by Crippen LogP contribution is -2.02. The molecule has 0 bridgehead atoms. The number of benzene rings is 7. The van der Waals surface area contributed by atoms with Gasteiger partial charge in [0.15, 0.2) is 23.2 Å². The number of nitrogens with zero attached hydrogens (tertiary/aromatic N) is 4. The number of hydrogen-bond acceptors (Lipinski definition) is 4. The number of hydrogen-bond donors (Lipinski definition) is 0. The molecule has 0 radical (unpaired) electrons. The Balaban J connectivity index is 1.29. The molecule has 0 aliphatic carbocycles. The van der Waals surface area contributed by atoms with E-state index in [9.17, 15) is 0 Å². The van der Waals surface area contributed by atoms with Crippen LogP contribution in [0.25, 0.3) is 94.3 Å². The van der Waals surface area contributed by atoms with Crippen molar-refractivity contribution < 1.29 is 4.42 Å². The van der Waals surface area contributed by atoms with Crippen molar-refractivity contribution in [1.82, 2.24) is 15.0 Å². The zero-order chi connectivity index (χ0) is 34.1. The van der Waals surface area contributed by atoms with Crippen molar-refractivity contribution in [2.45, 2.75) is 0 Å². The Morgan fingerprint density at radius 2 is 0.941 bits per heavy atom. The highest BCUT2D eigenvalue weighted by atomic mass is 16.3. The molecule has 0 atom stereocenters. The van der Waals surface area contributed by atoms with Crippen LogP contribution in [-0.4, -0.2) is 15.0 Å². The molecular weight excluding hydrogens is 625 g/mol. The summed E-state index contributed by atoms with van der Waals surface area (Å²) >= 11 is 0. The maximum atomic E-state index is 7.30. The number of fused-ring (bicyclic) bond motifs is 3. The molecule has 9 aromatic rings. The Labute approximate surface area is 295 Å². The summed E-state index contributed by atoms with van der Waals surface area (Å²) in [4.78, 5) is 19.1. The van der Waals surface area contributed by atoms with Gasteiger partial charge in [-0.1, -0.05) is 158 Å². The van der Waals surface area contributed by atoms with E-state index in [0.717, 1.165) is 72.0 Å². The number of furan rings is 1. The minimum atomic E-state index is 0.528. The second kappa shape index (κ2) is 12.7. The van der Waals surface area contributed by atoms with Crippen molar-refractivity contribution in [3.8, 4) is 67.5 Å². The van der Waals surface area contributed by atoms with E-state index in [1.807, 2.05) is 103 Å². The van der Waals surface area contributed by atoms with Crippen molar-refractivity contribution >= 4 is 27.6 Å². The van der Waals surface area contributed by atoms with Crippen LogP contribution in [0, 0.1) is 6.57 Å². The first-order valence-electron chi connectivity index (χ1n) is 16.7. The summed E-state index contributed by atoms with van der Waals surface area (Å²) in [5, 5.41) is 2.03. The predicted octanol–water partition coefficient (Wildman–Crippen LogP) is 12.3. The molecule has 0 spiro atoms. The molecule has 51 heavy (non-hydrogen) atoms. The smallest absolute Gasteiger partial charge is 0.187 e. The highest BCUT2D eigenvalue weighted by Gasteiger charge is 2.23. The van der Waals surface area contributed by atoms with E-state index < -0.39 is 0 Å². The van der Waals surface area contributed by atoms with E-state index in [1.165, 1.54) is 0 Å². The van der Waals surface area contributed by atoms with Crippen LogP contribution >= 0.6 is 0 Å². The molecule has 5 nitrogen and oxygen atoms in total. The summed E-state index contributed by atoms with van der Waals surface area (Å²) in [6, 6.07) is 57.1. The minimum Gasteiger partial charge on any atom is -0.455 e. The fraction of sp³-hybridized carbons (Fsp3) is 0. The SMILES string of the molecule is [C-]#[N+]c1ccc(-c2ccc(-c3ccc4c(oc5ccccc54)c3-c3nc(-c4ccccc4)nc(-c4ccccc4-c4ccccc4)n3)cc2)cc1. The molecule has 238 valence electrons. The first-order chi connectivity index (χ1) is 25.2. The van der Waals surface area contributed by atoms with Gasteiger partial charge in [0.2, 0.25) is 0 Å². The van der Waals surface area contributed by atoms with Crippen LogP contribution in [0.2, 0.25) is 0 Å². The third-order valence-corrected chi connectivity index (χ3v) is 9.22. The molecule has 0 unspecified atom stereocenters. The minimum absolute atomic E-state index is 0.528. The summed E-state index contributed by atoms with van der Waals surface area (Å²) in [5.41, 5.74) is 10.9. The van der Waals surface area contributed by atoms with Gasteiger partial charge in [-0.2, -0.15) is 0 Å². The highest BCUT2D eigenvalue weighted by Crippen LogP contribution is 2.42. The molecule has 0 aliphatic heterocycles. The summed E-state index contributed by atoms with van der Waals surface area (Å²) in [6.45, 7) is 7.30. The normalized spacial score (nSPS) is 11.1. The molecule has 2 aromatic heterocycles. The van der Waals surface area contributed by atoms with Crippen LogP contribution in [0.1, 0.15) is 0 Å². The largest absolute Gasteiger partial charge is 0.455 e. The lowest BCUT2D eigenvalue weighted by atomic mass is 9.94. The van der Waals surface area contributed by atoms with Gasteiger partial charge in [-0.15, -0.1) is 0 Å². The zero-order valence-corrected chi connectivity index (χ0v) is 27.4. The number of aromatic nitrogens is 3. The molecule has 0 saturated carbocycles. The van der Waals surface area contributed by atoms with Crippen molar-refractivity contribution in [2.24, 2.45) is 0 Å². The highest BCUT2D eigenvalue weighted by molar-refractivity contribution is 6.12. The van der Waals surface area contributed by atoms with Gasteiger partial charge in [-0.05, 0) is 45.5 Å². The van der Waals surface area contributed by atoms with Crippen LogP contribution in [0.15, 0.2) is 174 Å². The fourth-order valence-electron chi connectivity index (χ4n) is 6.69. The molecular formula is C46H28N4O. The van der Waals surface area contributed by atoms with Crippen LogP contribution in [0.4, 0.5) is 5.69 Å². The Kier molecular flexibility index (Phi) is 7.46. The van der Waals surface area contributed by atoms with E-state index in [4.69, 9.17) is 25.9 Å². The van der Waals surface area contributed by atoms with Gasteiger partial charge < -0.3 is 4.42 Å². The molecule has 7 aromatic carbocycles. The molecule has 0 N–H and O–H groups in total. The third-order valence-electron chi connectivity index (χ3n) is 9.22. The molecule has 2 heterocycles.